The van der Waals surface area contributed by atoms with Crippen LogP contribution in [0.25, 0.3) is 0 Å². The van der Waals surface area contributed by atoms with Crippen molar-refractivity contribution in [2.75, 3.05) is 38.8 Å². The summed E-state index contributed by atoms with van der Waals surface area (Å²) in [4.78, 5) is 2.42. The molecular weight excluding hydrogens is 230 g/mol. The van der Waals surface area contributed by atoms with E-state index in [-0.39, 0.29) is 0 Å². The van der Waals surface area contributed by atoms with Gasteiger partial charge in [-0.1, -0.05) is 0 Å². The van der Waals surface area contributed by atoms with Crippen molar-refractivity contribution in [3.63, 3.8) is 0 Å². The Hall–Kier alpha value is -1.46. The summed E-state index contributed by atoms with van der Waals surface area (Å²) in [5.74, 6) is 6.81. The molecular formula is C13H21N3O2. The molecule has 5 heteroatoms. The summed E-state index contributed by atoms with van der Waals surface area (Å²) in [5.41, 5.74) is 3.39. The summed E-state index contributed by atoms with van der Waals surface area (Å²) in [6, 6.07) is 5.57. The van der Waals surface area contributed by atoms with E-state index in [9.17, 15) is 0 Å². The molecule has 0 radical (unpaired) electrons. The average Bonchev–Trinajstić information content (AvgIpc) is 2.92. The summed E-state index contributed by atoms with van der Waals surface area (Å²) in [7, 11) is 1.63. The molecule has 1 aromatic rings. The number of rotatable bonds is 6. The minimum absolute atomic E-state index is 0.686. The topological polar surface area (TPSA) is 59.8 Å². The first-order valence-electron chi connectivity index (χ1n) is 6.33. The van der Waals surface area contributed by atoms with E-state index in [1.165, 1.54) is 25.9 Å². The Kier molecular flexibility index (Phi) is 4.66. The van der Waals surface area contributed by atoms with Crippen LogP contribution in [-0.4, -0.2) is 38.3 Å². The largest absolute Gasteiger partial charge is 0.493 e. The van der Waals surface area contributed by atoms with Gasteiger partial charge in [-0.05, 0) is 38.1 Å². The van der Waals surface area contributed by atoms with Gasteiger partial charge in [-0.25, -0.2) is 0 Å². The van der Waals surface area contributed by atoms with Crippen molar-refractivity contribution in [3.8, 4) is 11.5 Å². The van der Waals surface area contributed by atoms with Gasteiger partial charge >= 0.3 is 0 Å². The molecule has 18 heavy (non-hydrogen) atoms. The highest BCUT2D eigenvalue weighted by atomic mass is 16.5. The molecule has 3 N–H and O–H groups in total. The molecule has 1 aromatic carbocycles. The molecule has 1 aliphatic heterocycles. The second-order valence-electron chi connectivity index (χ2n) is 4.41. The van der Waals surface area contributed by atoms with E-state index in [1.807, 2.05) is 18.2 Å². The minimum atomic E-state index is 0.686. The highest BCUT2D eigenvalue weighted by molar-refractivity contribution is 5.54. The summed E-state index contributed by atoms with van der Waals surface area (Å²) in [6.07, 6.45) is 2.61. The third-order valence-electron chi connectivity index (χ3n) is 3.19. The van der Waals surface area contributed by atoms with E-state index < -0.39 is 0 Å². The molecule has 1 aliphatic rings. The van der Waals surface area contributed by atoms with Crippen LogP contribution in [0.4, 0.5) is 5.69 Å². The molecule has 0 saturated carbocycles. The minimum Gasteiger partial charge on any atom is -0.493 e. The third kappa shape index (κ3) is 3.27. The van der Waals surface area contributed by atoms with Crippen molar-refractivity contribution in [3.05, 3.63) is 18.2 Å². The van der Waals surface area contributed by atoms with E-state index >= 15 is 0 Å². The zero-order chi connectivity index (χ0) is 12.8. The first kappa shape index (κ1) is 13.0. The lowest BCUT2D eigenvalue weighted by Gasteiger charge is -2.16. The van der Waals surface area contributed by atoms with Gasteiger partial charge in [-0.3, -0.25) is 10.7 Å². The molecule has 0 atom stereocenters. The maximum atomic E-state index is 5.75. The molecule has 0 amide bonds. The predicted octanol–water partition coefficient (Wildman–Crippen LogP) is 1.46. The Labute approximate surface area is 108 Å². The monoisotopic (exact) mass is 251 g/mol. The standard InChI is InChI=1S/C13H21N3O2/c1-17-13-10-11(15-14)4-5-12(13)18-9-8-16-6-2-3-7-16/h4-5,10,15H,2-3,6-9,14H2,1H3. The van der Waals surface area contributed by atoms with Crippen LogP contribution in [0.1, 0.15) is 12.8 Å². The summed E-state index contributed by atoms with van der Waals surface area (Å²) < 4.78 is 11.0. The molecule has 0 aromatic heterocycles. The van der Waals surface area contributed by atoms with Gasteiger partial charge in [0.15, 0.2) is 11.5 Å². The van der Waals surface area contributed by atoms with Crippen LogP contribution in [0.3, 0.4) is 0 Å². The number of nitrogens with two attached hydrogens (primary N) is 1. The van der Waals surface area contributed by atoms with Crippen LogP contribution in [-0.2, 0) is 0 Å². The Morgan fingerprint density at radius 1 is 1.28 bits per heavy atom. The van der Waals surface area contributed by atoms with Gasteiger partial charge in [0.05, 0.1) is 12.8 Å². The maximum absolute atomic E-state index is 5.75. The SMILES string of the molecule is COc1cc(NN)ccc1OCCN1CCCC1. The van der Waals surface area contributed by atoms with E-state index in [1.54, 1.807) is 7.11 Å². The van der Waals surface area contributed by atoms with E-state index in [0.717, 1.165) is 18.0 Å². The van der Waals surface area contributed by atoms with Crippen molar-refractivity contribution in [2.24, 2.45) is 5.84 Å². The molecule has 100 valence electrons. The van der Waals surface area contributed by atoms with Crippen molar-refractivity contribution < 1.29 is 9.47 Å². The summed E-state index contributed by atoms with van der Waals surface area (Å²) in [5, 5.41) is 0. The van der Waals surface area contributed by atoms with Gasteiger partial charge in [0, 0.05) is 12.6 Å². The smallest absolute Gasteiger partial charge is 0.162 e. The number of likely N-dealkylation sites (tertiary alicyclic amines) is 1. The van der Waals surface area contributed by atoms with Crippen LogP contribution in [0, 0.1) is 0 Å². The maximum Gasteiger partial charge on any atom is 0.162 e. The lowest BCUT2D eigenvalue weighted by Crippen LogP contribution is -2.25. The quantitative estimate of drug-likeness (QED) is 0.592. The first-order chi connectivity index (χ1) is 8.83. The van der Waals surface area contributed by atoms with Crippen molar-refractivity contribution >= 4 is 5.69 Å². The number of ether oxygens (including phenoxy) is 2. The van der Waals surface area contributed by atoms with Crippen molar-refractivity contribution in [1.29, 1.82) is 0 Å². The number of anilines is 1. The van der Waals surface area contributed by atoms with Gasteiger partial charge in [-0.2, -0.15) is 0 Å². The van der Waals surface area contributed by atoms with Crippen LogP contribution in [0.15, 0.2) is 18.2 Å². The fourth-order valence-electron chi connectivity index (χ4n) is 2.17. The molecule has 1 saturated heterocycles. The number of hydrazine groups is 1. The van der Waals surface area contributed by atoms with Gasteiger partial charge in [0.2, 0.25) is 0 Å². The molecule has 0 spiro atoms. The van der Waals surface area contributed by atoms with Gasteiger partial charge in [-0.15, -0.1) is 0 Å². The van der Waals surface area contributed by atoms with Crippen molar-refractivity contribution in [2.45, 2.75) is 12.8 Å². The molecule has 0 unspecified atom stereocenters. The Balaban J connectivity index is 1.87. The molecule has 2 rings (SSSR count). The zero-order valence-electron chi connectivity index (χ0n) is 10.8. The fraction of sp³-hybridized carbons (Fsp3) is 0.538. The van der Waals surface area contributed by atoms with Crippen LogP contribution < -0.4 is 20.7 Å². The number of hydrogen-bond donors (Lipinski definition) is 2. The van der Waals surface area contributed by atoms with Gasteiger partial charge in [0.25, 0.3) is 0 Å². The number of nitrogens with zero attached hydrogens (tertiary/aromatic N) is 1. The number of hydrogen-bond acceptors (Lipinski definition) is 5. The fourth-order valence-corrected chi connectivity index (χ4v) is 2.17. The van der Waals surface area contributed by atoms with Crippen LogP contribution >= 0.6 is 0 Å². The van der Waals surface area contributed by atoms with E-state index in [4.69, 9.17) is 15.3 Å². The van der Waals surface area contributed by atoms with E-state index in [2.05, 4.69) is 10.3 Å². The highest BCUT2D eigenvalue weighted by Crippen LogP contribution is 2.29. The zero-order valence-corrected chi connectivity index (χ0v) is 10.8. The summed E-state index contributed by atoms with van der Waals surface area (Å²) >= 11 is 0. The van der Waals surface area contributed by atoms with Crippen LogP contribution in [0.2, 0.25) is 0 Å². The molecule has 5 nitrogen and oxygen atoms in total. The van der Waals surface area contributed by atoms with Gasteiger partial charge in [0.1, 0.15) is 6.61 Å². The third-order valence-corrected chi connectivity index (χ3v) is 3.19. The van der Waals surface area contributed by atoms with Crippen molar-refractivity contribution in [1.82, 2.24) is 4.90 Å². The number of methoxy groups -OCH3 is 1. The number of nitrogen functional groups attached to an aromatic ring is 1. The average molecular weight is 251 g/mol. The molecule has 0 aliphatic carbocycles. The number of nitrogens with one attached hydrogen (secondary N) is 1. The normalized spacial score (nSPS) is 15.7. The van der Waals surface area contributed by atoms with E-state index in [0.29, 0.717) is 12.4 Å². The Bertz CT molecular complexity index is 378. The molecule has 0 bridgehead atoms. The predicted molar refractivity (Wildman–Crippen MR) is 72.0 cm³/mol. The second-order valence-corrected chi connectivity index (χ2v) is 4.41. The molecule has 1 fully saturated rings. The Morgan fingerprint density at radius 2 is 2.06 bits per heavy atom. The number of benzene rings is 1. The highest BCUT2D eigenvalue weighted by Gasteiger charge is 2.11. The second kappa shape index (κ2) is 6.47. The lowest BCUT2D eigenvalue weighted by molar-refractivity contribution is 0.230. The summed E-state index contributed by atoms with van der Waals surface area (Å²) in [6.45, 7) is 4.04. The van der Waals surface area contributed by atoms with Crippen LogP contribution in [0.5, 0.6) is 11.5 Å². The molecule has 1 heterocycles. The first-order valence-corrected chi connectivity index (χ1v) is 6.33. The lowest BCUT2D eigenvalue weighted by atomic mass is 10.3. The Morgan fingerprint density at radius 3 is 2.72 bits per heavy atom. The van der Waals surface area contributed by atoms with Gasteiger partial charge < -0.3 is 14.9 Å².